The number of rotatable bonds is 5. The molecule has 1 aliphatic rings. The molecule has 25 heavy (non-hydrogen) atoms. The molecule has 1 amide bonds. The molecule has 1 aliphatic heterocycles. The van der Waals surface area contributed by atoms with E-state index in [4.69, 9.17) is 26.3 Å². The lowest BCUT2D eigenvalue weighted by Crippen LogP contribution is -2.22. The van der Waals surface area contributed by atoms with Gasteiger partial charge in [0.25, 0.3) is 0 Å². The summed E-state index contributed by atoms with van der Waals surface area (Å²) in [4.78, 5) is 12.1. The number of nitriles is 1. The summed E-state index contributed by atoms with van der Waals surface area (Å²) in [7, 11) is 0. The van der Waals surface area contributed by atoms with Crippen molar-refractivity contribution in [1.82, 2.24) is 0 Å². The molecule has 0 aromatic heterocycles. The summed E-state index contributed by atoms with van der Waals surface area (Å²) < 4.78 is 10.9. The summed E-state index contributed by atoms with van der Waals surface area (Å²) in [5, 5.41) is 12.2. The molecule has 2 aromatic carbocycles. The molecule has 0 bridgehead atoms. The Bertz CT molecular complexity index is 811. The van der Waals surface area contributed by atoms with Gasteiger partial charge in [0.05, 0.1) is 29.2 Å². The molecule has 1 N–H and O–H groups in total. The molecule has 0 aliphatic carbocycles. The van der Waals surface area contributed by atoms with Gasteiger partial charge in [-0.1, -0.05) is 23.7 Å². The number of halogens is 1. The average Bonchev–Trinajstić information content (AvgIpc) is 3.16. The summed E-state index contributed by atoms with van der Waals surface area (Å²) in [6.07, 6.45) is 0.739. The maximum atomic E-state index is 12.1. The first-order chi connectivity index (χ1) is 12.2. The van der Waals surface area contributed by atoms with Crippen molar-refractivity contribution in [2.45, 2.75) is 13.0 Å². The van der Waals surface area contributed by atoms with Crippen LogP contribution in [0.15, 0.2) is 42.5 Å². The summed E-state index contributed by atoms with van der Waals surface area (Å²) in [6, 6.07) is 14.4. The molecular weight excluding hydrogens is 340 g/mol. The van der Waals surface area contributed by atoms with Crippen molar-refractivity contribution in [2.24, 2.45) is 5.92 Å². The third kappa shape index (κ3) is 4.50. The molecule has 0 spiro atoms. The van der Waals surface area contributed by atoms with E-state index in [2.05, 4.69) is 11.4 Å². The van der Waals surface area contributed by atoms with Crippen LogP contribution in [0.25, 0.3) is 0 Å². The van der Waals surface area contributed by atoms with Gasteiger partial charge in [-0.2, -0.15) is 5.26 Å². The minimum atomic E-state index is -0.109. The highest BCUT2D eigenvalue weighted by atomic mass is 35.5. The summed E-state index contributed by atoms with van der Waals surface area (Å²) in [6.45, 7) is 1.39. The van der Waals surface area contributed by atoms with Gasteiger partial charge in [-0.3, -0.25) is 4.79 Å². The topological polar surface area (TPSA) is 71.3 Å². The molecular formula is C19H17ClN2O3. The number of hydrogen-bond acceptors (Lipinski definition) is 4. The first kappa shape index (κ1) is 17.3. The fourth-order valence-electron chi connectivity index (χ4n) is 2.57. The molecule has 6 heteroatoms. The molecule has 1 unspecified atom stereocenters. The van der Waals surface area contributed by atoms with Crippen molar-refractivity contribution >= 4 is 23.2 Å². The Morgan fingerprint density at radius 1 is 1.36 bits per heavy atom. The van der Waals surface area contributed by atoms with Crippen LogP contribution in [0.5, 0.6) is 5.75 Å². The highest BCUT2D eigenvalue weighted by molar-refractivity contribution is 6.32. The molecule has 5 nitrogen and oxygen atoms in total. The zero-order chi connectivity index (χ0) is 17.6. The quantitative estimate of drug-likeness (QED) is 0.885. The predicted octanol–water partition coefficient (Wildman–Crippen LogP) is 3.77. The van der Waals surface area contributed by atoms with Gasteiger partial charge >= 0.3 is 0 Å². The van der Waals surface area contributed by atoms with E-state index in [1.54, 1.807) is 30.3 Å². The number of ether oxygens (including phenoxy) is 2. The smallest absolute Gasteiger partial charge is 0.229 e. The number of benzene rings is 2. The molecule has 2 aromatic rings. The van der Waals surface area contributed by atoms with Crippen molar-refractivity contribution in [2.75, 3.05) is 18.5 Å². The van der Waals surface area contributed by atoms with Gasteiger partial charge < -0.3 is 14.8 Å². The van der Waals surface area contributed by atoms with E-state index in [1.165, 1.54) is 0 Å². The zero-order valence-electron chi connectivity index (χ0n) is 13.5. The monoisotopic (exact) mass is 356 g/mol. The van der Waals surface area contributed by atoms with E-state index >= 15 is 0 Å². The minimum Gasteiger partial charge on any atom is -0.487 e. The lowest BCUT2D eigenvalue weighted by Gasteiger charge is -2.12. The van der Waals surface area contributed by atoms with Gasteiger partial charge in [-0.25, -0.2) is 0 Å². The summed E-state index contributed by atoms with van der Waals surface area (Å²) in [5.74, 6) is 0.351. The molecule has 1 fully saturated rings. The molecule has 3 rings (SSSR count). The number of nitrogens with one attached hydrogen (secondary N) is 1. The van der Waals surface area contributed by atoms with Gasteiger partial charge in [0.15, 0.2) is 0 Å². The van der Waals surface area contributed by atoms with E-state index < -0.39 is 0 Å². The first-order valence-corrected chi connectivity index (χ1v) is 8.33. The van der Waals surface area contributed by atoms with Crippen LogP contribution in [0.3, 0.4) is 0 Å². The van der Waals surface area contributed by atoms with E-state index in [0.29, 0.717) is 41.8 Å². The van der Waals surface area contributed by atoms with Crippen LogP contribution in [0.2, 0.25) is 5.02 Å². The Morgan fingerprint density at radius 3 is 2.96 bits per heavy atom. The highest BCUT2D eigenvalue weighted by Gasteiger charge is 2.23. The third-order valence-electron chi connectivity index (χ3n) is 3.95. The predicted molar refractivity (Wildman–Crippen MR) is 94.5 cm³/mol. The first-order valence-electron chi connectivity index (χ1n) is 7.95. The Balaban J connectivity index is 1.61. The van der Waals surface area contributed by atoms with E-state index in [0.717, 1.165) is 12.0 Å². The Kier molecular flexibility index (Phi) is 5.54. The fourth-order valence-corrected chi connectivity index (χ4v) is 2.81. The van der Waals surface area contributed by atoms with Gasteiger partial charge in [-0.05, 0) is 42.3 Å². The maximum absolute atomic E-state index is 12.1. The number of carbonyl (C=O) groups is 1. The largest absolute Gasteiger partial charge is 0.487 e. The normalized spacial score (nSPS) is 16.2. The van der Waals surface area contributed by atoms with Crippen molar-refractivity contribution < 1.29 is 14.3 Å². The molecule has 1 atom stereocenters. The molecule has 0 saturated carbocycles. The van der Waals surface area contributed by atoms with E-state index in [-0.39, 0.29) is 11.8 Å². The number of hydrogen-bond donors (Lipinski definition) is 1. The lowest BCUT2D eigenvalue weighted by atomic mass is 10.1. The number of amides is 1. The molecule has 1 saturated heterocycles. The third-order valence-corrected chi connectivity index (χ3v) is 4.25. The van der Waals surface area contributed by atoms with Gasteiger partial charge in [-0.15, -0.1) is 0 Å². The molecule has 1 heterocycles. The van der Waals surface area contributed by atoms with Crippen molar-refractivity contribution in [1.29, 1.82) is 5.26 Å². The Morgan fingerprint density at radius 2 is 2.24 bits per heavy atom. The highest BCUT2D eigenvalue weighted by Crippen LogP contribution is 2.29. The van der Waals surface area contributed by atoms with Crippen LogP contribution in [-0.4, -0.2) is 19.1 Å². The number of nitrogens with zero attached hydrogens (tertiary/aromatic N) is 1. The minimum absolute atomic E-state index is 0.0597. The zero-order valence-corrected chi connectivity index (χ0v) is 14.3. The summed E-state index contributed by atoms with van der Waals surface area (Å²) >= 11 is 6.24. The van der Waals surface area contributed by atoms with Crippen molar-refractivity contribution in [3.63, 3.8) is 0 Å². The van der Waals surface area contributed by atoms with E-state index in [1.807, 2.05) is 12.1 Å². The average molecular weight is 357 g/mol. The van der Waals surface area contributed by atoms with Gasteiger partial charge in [0, 0.05) is 12.3 Å². The van der Waals surface area contributed by atoms with Crippen LogP contribution >= 0.6 is 11.6 Å². The van der Waals surface area contributed by atoms with Crippen LogP contribution in [0, 0.1) is 17.2 Å². The number of anilines is 1. The Hall–Kier alpha value is -2.55. The lowest BCUT2D eigenvalue weighted by molar-refractivity contribution is -0.119. The van der Waals surface area contributed by atoms with Gasteiger partial charge in [0.2, 0.25) is 5.91 Å². The molecule has 0 radical (unpaired) electrons. The van der Waals surface area contributed by atoms with Crippen molar-refractivity contribution in [3.8, 4) is 11.8 Å². The van der Waals surface area contributed by atoms with Crippen molar-refractivity contribution in [3.05, 3.63) is 58.6 Å². The van der Waals surface area contributed by atoms with Crippen LogP contribution in [0.4, 0.5) is 5.69 Å². The van der Waals surface area contributed by atoms with Gasteiger partial charge in [0.1, 0.15) is 12.4 Å². The fraction of sp³-hybridized carbons (Fsp3) is 0.263. The molecule has 128 valence electrons. The summed E-state index contributed by atoms with van der Waals surface area (Å²) in [5.41, 5.74) is 2.09. The maximum Gasteiger partial charge on any atom is 0.229 e. The van der Waals surface area contributed by atoms with E-state index in [9.17, 15) is 4.79 Å². The second kappa shape index (κ2) is 8.02. The number of carbonyl (C=O) groups excluding carboxylic acids is 1. The Labute approximate surface area is 151 Å². The van der Waals surface area contributed by atoms with Crippen LogP contribution < -0.4 is 10.1 Å². The van der Waals surface area contributed by atoms with Crippen LogP contribution in [-0.2, 0) is 16.1 Å². The van der Waals surface area contributed by atoms with Crippen LogP contribution in [0.1, 0.15) is 17.5 Å². The SMILES string of the molecule is N#Cc1cccc(COc2ccc(NC(=O)C3CCOC3)cc2Cl)c1. The second-order valence-electron chi connectivity index (χ2n) is 5.80. The standard InChI is InChI=1S/C19H17ClN2O3/c20-17-9-16(22-19(23)15-6-7-24-12-15)4-5-18(17)25-11-14-3-1-2-13(8-14)10-21/h1-5,8-9,15H,6-7,11-12H2,(H,22,23). The second-order valence-corrected chi connectivity index (χ2v) is 6.20.